The monoisotopic (exact) mass is 291 g/mol. The highest BCUT2D eigenvalue weighted by atomic mass is 16.1. The van der Waals surface area contributed by atoms with Crippen LogP contribution < -0.4 is 5.32 Å². The van der Waals surface area contributed by atoms with Gasteiger partial charge in [-0.1, -0.05) is 6.92 Å². The highest BCUT2D eigenvalue weighted by molar-refractivity contribution is 5.79. The maximum absolute atomic E-state index is 11.9. The van der Waals surface area contributed by atoms with E-state index in [0.717, 1.165) is 23.1 Å². The molecule has 6 nitrogen and oxygen atoms in total. The third-order valence-electron chi connectivity index (χ3n) is 3.73. The van der Waals surface area contributed by atoms with Crippen LogP contribution in [0.25, 0.3) is 11.0 Å². The molecular weight excluding hydrogens is 266 g/mol. The molecule has 21 heavy (non-hydrogen) atoms. The van der Waals surface area contributed by atoms with E-state index in [2.05, 4.69) is 36.3 Å². The number of aryl methyl sites for hydroxylation is 2. The van der Waals surface area contributed by atoms with Gasteiger partial charge >= 0.3 is 0 Å². The van der Waals surface area contributed by atoms with Crippen LogP contribution in [-0.4, -0.2) is 31.5 Å². The lowest BCUT2D eigenvalue weighted by Gasteiger charge is -2.11. The van der Waals surface area contributed by atoms with Crippen molar-refractivity contribution in [2.45, 2.75) is 66.1 Å². The molecule has 2 aromatic heterocycles. The summed E-state index contributed by atoms with van der Waals surface area (Å²) in [6, 6.07) is 0.521. The number of nitrogens with zero attached hydrogens (tertiary/aromatic N) is 4. The van der Waals surface area contributed by atoms with Crippen LogP contribution in [0.2, 0.25) is 0 Å². The first kappa shape index (κ1) is 15.5. The van der Waals surface area contributed by atoms with Crippen molar-refractivity contribution < 1.29 is 4.79 Å². The lowest BCUT2D eigenvalue weighted by molar-refractivity contribution is -0.121. The van der Waals surface area contributed by atoms with E-state index in [1.807, 2.05) is 29.4 Å². The minimum absolute atomic E-state index is 0.0712. The van der Waals surface area contributed by atoms with Crippen molar-refractivity contribution >= 4 is 16.9 Å². The lowest BCUT2D eigenvalue weighted by Crippen LogP contribution is -2.32. The van der Waals surface area contributed by atoms with Gasteiger partial charge in [-0.15, -0.1) is 0 Å². The van der Waals surface area contributed by atoms with Crippen LogP contribution in [0.5, 0.6) is 0 Å². The molecule has 0 aliphatic rings. The third kappa shape index (κ3) is 3.25. The van der Waals surface area contributed by atoms with Crippen molar-refractivity contribution in [1.29, 1.82) is 0 Å². The van der Waals surface area contributed by atoms with E-state index in [-0.39, 0.29) is 11.9 Å². The third-order valence-corrected chi connectivity index (χ3v) is 3.73. The molecule has 0 aromatic carbocycles. The SMILES string of the molecule is CCC(C)NC(=O)CCn1ncc2c1c(C)nn2C(C)C. The molecule has 116 valence electrons. The minimum atomic E-state index is 0.0712. The fourth-order valence-corrected chi connectivity index (χ4v) is 2.40. The van der Waals surface area contributed by atoms with Gasteiger partial charge in [0.15, 0.2) is 0 Å². The van der Waals surface area contributed by atoms with Crippen molar-refractivity contribution in [1.82, 2.24) is 24.9 Å². The Morgan fingerprint density at radius 3 is 2.71 bits per heavy atom. The van der Waals surface area contributed by atoms with Crippen molar-refractivity contribution in [3.05, 3.63) is 11.9 Å². The predicted octanol–water partition coefficient (Wildman–Crippen LogP) is 2.43. The molecule has 1 atom stereocenters. The first-order valence-electron chi connectivity index (χ1n) is 7.64. The van der Waals surface area contributed by atoms with Crippen LogP contribution in [0, 0.1) is 6.92 Å². The van der Waals surface area contributed by atoms with Crippen molar-refractivity contribution in [3.8, 4) is 0 Å². The van der Waals surface area contributed by atoms with Crippen LogP contribution >= 0.6 is 0 Å². The van der Waals surface area contributed by atoms with Crippen LogP contribution in [0.1, 0.15) is 52.3 Å². The number of rotatable bonds is 6. The van der Waals surface area contributed by atoms with Gasteiger partial charge < -0.3 is 5.32 Å². The molecule has 0 spiro atoms. The largest absolute Gasteiger partial charge is 0.354 e. The lowest BCUT2D eigenvalue weighted by atomic mass is 10.2. The zero-order valence-electron chi connectivity index (χ0n) is 13.6. The second-order valence-corrected chi connectivity index (χ2v) is 5.85. The Labute approximate surface area is 125 Å². The van der Waals surface area contributed by atoms with Gasteiger partial charge in [0.1, 0.15) is 11.0 Å². The molecule has 2 rings (SSSR count). The second kappa shape index (κ2) is 6.28. The van der Waals surface area contributed by atoms with E-state index in [4.69, 9.17) is 0 Å². The Hall–Kier alpha value is -1.85. The summed E-state index contributed by atoms with van der Waals surface area (Å²) >= 11 is 0. The normalized spacial score (nSPS) is 13.0. The van der Waals surface area contributed by atoms with E-state index >= 15 is 0 Å². The number of fused-ring (bicyclic) bond motifs is 1. The van der Waals surface area contributed by atoms with Crippen LogP contribution in [0.15, 0.2) is 6.20 Å². The van der Waals surface area contributed by atoms with E-state index < -0.39 is 0 Å². The topological polar surface area (TPSA) is 64.7 Å². The summed E-state index contributed by atoms with van der Waals surface area (Å²) in [5.74, 6) is 0.0712. The fourth-order valence-electron chi connectivity index (χ4n) is 2.40. The molecule has 0 bridgehead atoms. The summed E-state index contributed by atoms with van der Waals surface area (Å²) in [7, 11) is 0. The number of nitrogens with one attached hydrogen (secondary N) is 1. The van der Waals surface area contributed by atoms with E-state index in [9.17, 15) is 4.79 Å². The average Bonchev–Trinajstić information content (AvgIpc) is 2.98. The summed E-state index contributed by atoms with van der Waals surface area (Å²) in [5.41, 5.74) is 3.02. The summed E-state index contributed by atoms with van der Waals surface area (Å²) in [6.45, 7) is 10.8. The molecular formula is C15H25N5O. The fraction of sp³-hybridized carbons (Fsp3) is 0.667. The Kier molecular flexibility index (Phi) is 4.65. The Morgan fingerprint density at radius 1 is 1.38 bits per heavy atom. The number of carbonyl (C=O) groups excluding carboxylic acids is 1. The Balaban J connectivity index is 2.11. The van der Waals surface area contributed by atoms with Gasteiger partial charge in [-0.3, -0.25) is 14.2 Å². The molecule has 0 saturated carbocycles. The van der Waals surface area contributed by atoms with Crippen molar-refractivity contribution in [2.24, 2.45) is 0 Å². The molecule has 6 heteroatoms. The zero-order valence-corrected chi connectivity index (χ0v) is 13.6. The number of aromatic nitrogens is 4. The molecule has 0 radical (unpaired) electrons. The van der Waals surface area contributed by atoms with Crippen molar-refractivity contribution in [3.63, 3.8) is 0 Å². The Bertz CT molecular complexity index is 625. The maximum atomic E-state index is 11.9. The highest BCUT2D eigenvalue weighted by Crippen LogP contribution is 2.21. The van der Waals surface area contributed by atoms with Crippen LogP contribution in [0.4, 0.5) is 0 Å². The van der Waals surface area contributed by atoms with Crippen LogP contribution in [-0.2, 0) is 11.3 Å². The molecule has 0 aliphatic heterocycles. The highest BCUT2D eigenvalue weighted by Gasteiger charge is 2.15. The van der Waals surface area contributed by atoms with Gasteiger partial charge in [-0.25, -0.2) is 0 Å². The van der Waals surface area contributed by atoms with Gasteiger partial charge in [0.2, 0.25) is 5.91 Å². The molecule has 2 heterocycles. The van der Waals surface area contributed by atoms with Gasteiger partial charge in [0, 0.05) is 18.5 Å². The summed E-state index contributed by atoms with van der Waals surface area (Å²) in [5, 5.41) is 11.9. The smallest absolute Gasteiger partial charge is 0.222 e. The quantitative estimate of drug-likeness (QED) is 0.889. The number of amides is 1. The Morgan fingerprint density at radius 2 is 2.10 bits per heavy atom. The summed E-state index contributed by atoms with van der Waals surface area (Å²) in [6.07, 6.45) is 3.22. The van der Waals surface area contributed by atoms with E-state index in [1.54, 1.807) is 0 Å². The number of carbonyl (C=O) groups is 1. The molecule has 0 saturated heterocycles. The van der Waals surface area contributed by atoms with Gasteiger partial charge in [0.25, 0.3) is 0 Å². The number of hydrogen-bond donors (Lipinski definition) is 1. The predicted molar refractivity (Wildman–Crippen MR) is 83.2 cm³/mol. The molecule has 2 aromatic rings. The van der Waals surface area contributed by atoms with Gasteiger partial charge in [0.05, 0.1) is 18.4 Å². The van der Waals surface area contributed by atoms with E-state index in [0.29, 0.717) is 19.0 Å². The molecule has 1 unspecified atom stereocenters. The minimum Gasteiger partial charge on any atom is -0.354 e. The van der Waals surface area contributed by atoms with Crippen LogP contribution in [0.3, 0.4) is 0 Å². The zero-order chi connectivity index (χ0) is 15.6. The second-order valence-electron chi connectivity index (χ2n) is 5.85. The molecule has 1 amide bonds. The standard InChI is InChI=1S/C15H25N5O/c1-6-11(4)17-14(21)7-8-19-15-12(5)18-20(10(2)3)13(15)9-16-19/h9-11H,6-8H2,1-5H3,(H,17,21). The molecule has 0 aliphatic carbocycles. The first-order valence-corrected chi connectivity index (χ1v) is 7.64. The number of hydrogen-bond acceptors (Lipinski definition) is 3. The van der Waals surface area contributed by atoms with Gasteiger partial charge in [-0.05, 0) is 34.1 Å². The first-order chi connectivity index (χ1) is 9.93. The summed E-state index contributed by atoms with van der Waals surface area (Å²) in [4.78, 5) is 11.9. The summed E-state index contributed by atoms with van der Waals surface area (Å²) < 4.78 is 3.86. The molecule has 0 fully saturated rings. The van der Waals surface area contributed by atoms with Crippen molar-refractivity contribution in [2.75, 3.05) is 0 Å². The average molecular weight is 291 g/mol. The van der Waals surface area contributed by atoms with E-state index in [1.165, 1.54) is 0 Å². The van der Waals surface area contributed by atoms with Gasteiger partial charge in [-0.2, -0.15) is 10.2 Å². The maximum Gasteiger partial charge on any atom is 0.222 e. The molecule has 1 N–H and O–H groups in total.